The van der Waals surface area contributed by atoms with Crippen LogP contribution in [0.3, 0.4) is 0 Å². The summed E-state index contributed by atoms with van der Waals surface area (Å²) < 4.78 is 0. The summed E-state index contributed by atoms with van der Waals surface area (Å²) in [7, 11) is 0. The van der Waals surface area contributed by atoms with E-state index in [1.807, 2.05) is 0 Å². The standard InChI is InChI=1S/C11H21NO2/c1-7-9(2,3)11(12,6-8(13)14)10(7,4)5/h7H,6,12H2,1-5H3,(H,13,14). The molecular weight excluding hydrogens is 178 g/mol. The van der Waals surface area contributed by atoms with Gasteiger partial charge >= 0.3 is 5.97 Å². The molecule has 1 aliphatic carbocycles. The molecule has 1 aliphatic rings. The van der Waals surface area contributed by atoms with E-state index in [2.05, 4.69) is 34.6 Å². The second-order valence-corrected chi connectivity index (χ2v) is 5.71. The van der Waals surface area contributed by atoms with Gasteiger partial charge in [0.05, 0.1) is 6.42 Å². The SMILES string of the molecule is CC1C(C)(C)C(N)(CC(=O)O)C1(C)C. The molecule has 0 aromatic heterocycles. The molecule has 14 heavy (non-hydrogen) atoms. The molecule has 0 radical (unpaired) electrons. The second-order valence-electron chi connectivity index (χ2n) is 5.71. The molecule has 0 saturated heterocycles. The van der Waals surface area contributed by atoms with Gasteiger partial charge in [-0.05, 0) is 16.7 Å². The van der Waals surface area contributed by atoms with Crippen molar-refractivity contribution in [2.24, 2.45) is 22.5 Å². The van der Waals surface area contributed by atoms with Crippen molar-refractivity contribution in [3.05, 3.63) is 0 Å². The quantitative estimate of drug-likeness (QED) is 0.713. The summed E-state index contributed by atoms with van der Waals surface area (Å²) in [4.78, 5) is 10.8. The molecule has 0 amide bonds. The Kier molecular flexibility index (Phi) is 2.24. The van der Waals surface area contributed by atoms with Crippen LogP contribution in [0.15, 0.2) is 0 Å². The average molecular weight is 199 g/mol. The fourth-order valence-electron chi connectivity index (χ4n) is 3.12. The highest BCUT2D eigenvalue weighted by Gasteiger charge is 2.68. The summed E-state index contributed by atoms with van der Waals surface area (Å²) in [5.74, 6) is -0.361. The first-order valence-electron chi connectivity index (χ1n) is 5.08. The monoisotopic (exact) mass is 199 g/mol. The van der Waals surface area contributed by atoms with E-state index < -0.39 is 11.5 Å². The highest BCUT2D eigenvalue weighted by molar-refractivity contribution is 5.69. The van der Waals surface area contributed by atoms with Crippen LogP contribution in [-0.4, -0.2) is 16.6 Å². The van der Waals surface area contributed by atoms with E-state index in [-0.39, 0.29) is 17.3 Å². The lowest BCUT2D eigenvalue weighted by Crippen LogP contribution is -2.77. The topological polar surface area (TPSA) is 63.3 Å². The highest BCUT2D eigenvalue weighted by atomic mass is 16.4. The first-order valence-corrected chi connectivity index (χ1v) is 5.08. The molecule has 0 bridgehead atoms. The van der Waals surface area contributed by atoms with Crippen LogP contribution in [0, 0.1) is 16.7 Å². The van der Waals surface area contributed by atoms with Gasteiger partial charge in [0.1, 0.15) is 0 Å². The Morgan fingerprint density at radius 1 is 1.29 bits per heavy atom. The first kappa shape index (κ1) is 11.5. The molecule has 3 heteroatoms. The van der Waals surface area contributed by atoms with Crippen LogP contribution >= 0.6 is 0 Å². The third-order valence-corrected chi connectivity index (χ3v) is 4.89. The van der Waals surface area contributed by atoms with E-state index in [4.69, 9.17) is 10.8 Å². The molecular formula is C11H21NO2. The van der Waals surface area contributed by atoms with Crippen molar-refractivity contribution in [2.75, 3.05) is 0 Å². The number of hydrogen-bond donors (Lipinski definition) is 2. The maximum Gasteiger partial charge on any atom is 0.305 e. The van der Waals surface area contributed by atoms with Crippen LogP contribution in [-0.2, 0) is 4.79 Å². The number of aliphatic carboxylic acids is 1. The maximum absolute atomic E-state index is 10.8. The maximum atomic E-state index is 10.8. The minimum atomic E-state index is -0.805. The van der Waals surface area contributed by atoms with Gasteiger partial charge in [-0.1, -0.05) is 34.6 Å². The minimum absolute atomic E-state index is 0.0529. The second kappa shape index (κ2) is 2.72. The molecule has 1 saturated carbocycles. The number of carbonyl (C=O) groups is 1. The summed E-state index contributed by atoms with van der Waals surface area (Å²) >= 11 is 0. The van der Waals surface area contributed by atoms with Gasteiger partial charge in [0.2, 0.25) is 0 Å². The van der Waals surface area contributed by atoms with Crippen LogP contribution in [0.4, 0.5) is 0 Å². The Bertz CT molecular complexity index is 252. The zero-order chi connectivity index (χ0) is 11.4. The molecule has 0 heterocycles. The number of nitrogens with two attached hydrogens (primary N) is 1. The number of carboxylic acid groups (broad SMARTS) is 1. The zero-order valence-corrected chi connectivity index (χ0v) is 9.72. The van der Waals surface area contributed by atoms with Gasteiger partial charge in [-0.2, -0.15) is 0 Å². The molecule has 0 spiro atoms. The third-order valence-electron chi connectivity index (χ3n) is 4.89. The number of carboxylic acids is 1. The summed E-state index contributed by atoms with van der Waals surface area (Å²) in [6, 6.07) is 0. The third kappa shape index (κ3) is 1.05. The fourth-order valence-corrected chi connectivity index (χ4v) is 3.12. The predicted octanol–water partition coefficient (Wildman–Crippen LogP) is 1.86. The van der Waals surface area contributed by atoms with Crippen LogP contribution in [0.1, 0.15) is 41.0 Å². The first-order chi connectivity index (χ1) is 6.07. The van der Waals surface area contributed by atoms with Gasteiger partial charge in [0.25, 0.3) is 0 Å². The van der Waals surface area contributed by atoms with E-state index in [1.165, 1.54) is 0 Å². The number of hydrogen-bond acceptors (Lipinski definition) is 2. The van der Waals surface area contributed by atoms with Crippen LogP contribution in [0.5, 0.6) is 0 Å². The van der Waals surface area contributed by atoms with Crippen molar-refractivity contribution in [1.82, 2.24) is 0 Å². The highest BCUT2D eigenvalue weighted by Crippen LogP contribution is 2.65. The lowest BCUT2D eigenvalue weighted by molar-refractivity contribution is -0.187. The average Bonchev–Trinajstić information content (AvgIpc) is 2.00. The zero-order valence-electron chi connectivity index (χ0n) is 9.72. The van der Waals surface area contributed by atoms with Crippen LogP contribution < -0.4 is 5.73 Å². The van der Waals surface area contributed by atoms with E-state index in [9.17, 15) is 4.79 Å². The van der Waals surface area contributed by atoms with Crippen molar-refractivity contribution in [2.45, 2.75) is 46.6 Å². The molecule has 0 unspecified atom stereocenters. The van der Waals surface area contributed by atoms with Crippen molar-refractivity contribution in [1.29, 1.82) is 0 Å². The van der Waals surface area contributed by atoms with Crippen molar-refractivity contribution >= 4 is 5.97 Å². The van der Waals surface area contributed by atoms with E-state index in [0.717, 1.165) is 0 Å². The lowest BCUT2D eigenvalue weighted by Gasteiger charge is -2.70. The molecule has 0 aliphatic heterocycles. The van der Waals surface area contributed by atoms with Gasteiger partial charge in [0, 0.05) is 5.54 Å². The Hall–Kier alpha value is -0.570. The molecule has 3 N–H and O–H groups in total. The molecule has 0 aromatic carbocycles. The molecule has 0 aromatic rings. The van der Waals surface area contributed by atoms with Gasteiger partial charge in [-0.3, -0.25) is 4.79 Å². The Labute approximate surface area is 85.7 Å². The van der Waals surface area contributed by atoms with E-state index in [0.29, 0.717) is 5.92 Å². The Morgan fingerprint density at radius 3 is 1.93 bits per heavy atom. The van der Waals surface area contributed by atoms with Crippen molar-refractivity contribution < 1.29 is 9.90 Å². The van der Waals surface area contributed by atoms with E-state index >= 15 is 0 Å². The predicted molar refractivity (Wildman–Crippen MR) is 55.9 cm³/mol. The van der Waals surface area contributed by atoms with Gasteiger partial charge < -0.3 is 10.8 Å². The molecule has 1 rings (SSSR count). The van der Waals surface area contributed by atoms with Gasteiger partial charge in [0.15, 0.2) is 0 Å². The molecule has 1 fully saturated rings. The fraction of sp³-hybridized carbons (Fsp3) is 0.909. The van der Waals surface area contributed by atoms with Crippen molar-refractivity contribution in [3.8, 4) is 0 Å². The largest absolute Gasteiger partial charge is 0.481 e. The Balaban J connectivity index is 3.02. The molecule has 82 valence electrons. The minimum Gasteiger partial charge on any atom is -0.481 e. The van der Waals surface area contributed by atoms with Crippen LogP contribution in [0.2, 0.25) is 0 Å². The summed E-state index contributed by atoms with van der Waals surface area (Å²) in [5.41, 5.74) is 5.47. The summed E-state index contributed by atoms with van der Waals surface area (Å²) in [6.07, 6.45) is 0.0529. The molecule has 0 atom stereocenters. The normalized spacial score (nSPS) is 38.9. The summed E-state index contributed by atoms with van der Waals surface area (Å²) in [5, 5.41) is 8.88. The van der Waals surface area contributed by atoms with E-state index in [1.54, 1.807) is 0 Å². The smallest absolute Gasteiger partial charge is 0.305 e. The van der Waals surface area contributed by atoms with Crippen molar-refractivity contribution in [3.63, 3.8) is 0 Å². The van der Waals surface area contributed by atoms with Crippen LogP contribution in [0.25, 0.3) is 0 Å². The van der Waals surface area contributed by atoms with Gasteiger partial charge in [-0.25, -0.2) is 0 Å². The number of rotatable bonds is 2. The Morgan fingerprint density at radius 2 is 1.64 bits per heavy atom. The summed E-state index contributed by atoms with van der Waals surface area (Å²) in [6.45, 7) is 10.4. The lowest BCUT2D eigenvalue weighted by atomic mass is 9.37. The molecule has 3 nitrogen and oxygen atoms in total. The van der Waals surface area contributed by atoms with Gasteiger partial charge in [-0.15, -0.1) is 0 Å².